The fourth-order valence-corrected chi connectivity index (χ4v) is 2.46. The second kappa shape index (κ2) is 7.14. The van der Waals surface area contributed by atoms with Crippen LogP contribution in [0.1, 0.15) is 16.1 Å². The number of hydrogen-bond donors (Lipinski definition) is 1. The predicted octanol–water partition coefficient (Wildman–Crippen LogP) is 2.86. The highest BCUT2D eigenvalue weighted by molar-refractivity contribution is 6.32. The molecule has 0 fully saturated rings. The van der Waals surface area contributed by atoms with Gasteiger partial charge in [0, 0.05) is 12.1 Å². The maximum absolute atomic E-state index is 12.2. The molecular formula is C17H15ClN4O2. The summed E-state index contributed by atoms with van der Waals surface area (Å²) in [6, 6.07) is 14.7. The number of nitrogens with one attached hydrogen (secondary N) is 1. The molecule has 0 aliphatic carbocycles. The van der Waals surface area contributed by atoms with Crippen LogP contribution in [-0.4, -0.2) is 28.0 Å². The number of methoxy groups -OCH3 is 1. The van der Waals surface area contributed by atoms with E-state index in [1.807, 2.05) is 36.4 Å². The minimum atomic E-state index is -0.320. The number of aromatic nitrogens is 3. The van der Waals surface area contributed by atoms with Gasteiger partial charge in [-0.2, -0.15) is 0 Å². The quantitative estimate of drug-likeness (QED) is 0.774. The summed E-state index contributed by atoms with van der Waals surface area (Å²) in [5.74, 6) is 0.400. The van der Waals surface area contributed by atoms with E-state index in [1.54, 1.807) is 25.4 Å². The minimum absolute atomic E-state index is 0.213. The van der Waals surface area contributed by atoms with E-state index in [4.69, 9.17) is 16.3 Å². The maximum Gasteiger partial charge on any atom is 0.273 e. The van der Waals surface area contributed by atoms with Gasteiger partial charge in [0.05, 0.1) is 24.0 Å². The van der Waals surface area contributed by atoms with Gasteiger partial charge in [-0.1, -0.05) is 47.1 Å². The van der Waals surface area contributed by atoms with Crippen molar-refractivity contribution in [3.8, 4) is 11.4 Å². The van der Waals surface area contributed by atoms with Crippen molar-refractivity contribution >= 4 is 17.5 Å². The van der Waals surface area contributed by atoms with Gasteiger partial charge in [0.25, 0.3) is 5.91 Å². The molecule has 0 radical (unpaired) electrons. The van der Waals surface area contributed by atoms with Crippen molar-refractivity contribution in [2.45, 2.75) is 6.54 Å². The van der Waals surface area contributed by atoms with Crippen LogP contribution in [0.4, 0.5) is 0 Å². The second-order valence-corrected chi connectivity index (χ2v) is 5.40. The smallest absolute Gasteiger partial charge is 0.273 e. The molecule has 7 heteroatoms. The number of amides is 1. The SMILES string of the molecule is COc1ccccc1CNC(=O)c1cn(-c2ccccc2Cl)nn1. The molecule has 24 heavy (non-hydrogen) atoms. The van der Waals surface area contributed by atoms with E-state index in [-0.39, 0.29) is 11.6 Å². The Hall–Kier alpha value is -2.86. The van der Waals surface area contributed by atoms with E-state index in [0.29, 0.717) is 17.3 Å². The average Bonchev–Trinajstić information content (AvgIpc) is 3.10. The Balaban J connectivity index is 1.71. The number of hydrogen-bond acceptors (Lipinski definition) is 4. The number of halogens is 1. The lowest BCUT2D eigenvalue weighted by Crippen LogP contribution is -2.23. The third-order valence-electron chi connectivity index (χ3n) is 3.46. The first-order valence-electron chi connectivity index (χ1n) is 7.26. The van der Waals surface area contributed by atoms with Gasteiger partial charge in [-0.05, 0) is 18.2 Å². The third-order valence-corrected chi connectivity index (χ3v) is 3.78. The summed E-state index contributed by atoms with van der Waals surface area (Å²) >= 11 is 6.12. The summed E-state index contributed by atoms with van der Waals surface area (Å²) in [5.41, 5.74) is 1.76. The molecule has 6 nitrogen and oxygen atoms in total. The van der Waals surface area contributed by atoms with E-state index in [0.717, 1.165) is 11.3 Å². The van der Waals surface area contributed by atoms with Crippen molar-refractivity contribution < 1.29 is 9.53 Å². The number of para-hydroxylation sites is 2. The molecule has 0 unspecified atom stereocenters. The highest BCUT2D eigenvalue weighted by Gasteiger charge is 2.13. The summed E-state index contributed by atoms with van der Waals surface area (Å²) in [6.45, 7) is 0.335. The Labute approximate surface area is 144 Å². The topological polar surface area (TPSA) is 69.0 Å². The molecule has 0 spiro atoms. The molecular weight excluding hydrogens is 328 g/mol. The third kappa shape index (κ3) is 3.38. The van der Waals surface area contributed by atoms with Gasteiger partial charge in [-0.15, -0.1) is 5.10 Å². The lowest BCUT2D eigenvalue weighted by Gasteiger charge is -2.08. The standard InChI is InChI=1S/C17H15ClN4O2/c1-24-16-9-5-2-6-12(16)10-19-17(23)14-11-22(21-20-14)15-8-4-3-7-13(15)18/h2-9,11H,10H2,1H3,(H,19,23). The van der Waals surface area contributed by atoms with Crippen LogP contribution in [0.25, 0.3) is 5.69 Å². The highest BCUT2D eigenvalue weighted by atomic mass is 35.5. The summed E-state index contributed by atoms with van der Waals surface area (Å²) in [4.78, 5) is 12.2. The first-order valence-corrected chi connectivity index (χ1v) is 7.64. The fourth-order valence-electron chi connectivity index (χ4n) is 2.24. The Bertz CT molecular complexity index is 863. The molecule has 3 aromatic rings. The molecule has 0 atom stereocenters. The molecule has 1 heterocycles. The number of ether oxygens (including phenoxy) is 1. The van der Waals surface area contributed by atoms with Gasteiger partial charge in [-0.25, -0.2) is 4.68 Å². The van der Waals surface area contributed by atoms with Crippen molar-refractivity contribution in [1.29, 1.82) is 0 Å². The molecule has 2 aromatic carbocycles. The zero-order chi connectivity index (χ0) is 16.9. The van der Waals surface area contributed by atoms with Crippen LogP contribution in [0.15, 0.2) is 54.7 Å². The fraction of sp³-hybridized carbons (Fsp3) is 0.118. The van der Waals surface area contributed by atoms with Gasteiger partial charge < -0.3 is 10.1 Å². The van der Waals surface area contributed by atoms with Crippen LogP contribution in [0, 0.1) is 0 Å². The summed E-state index contributed by atoms with van der Waals surface area (Å²) < 4.78 is 6.73. The normalized spacial score (nSPS) is 10.4. The van der Waals surface area contributed by atoms with Crippen LogP contribution >= 0.6 is 11.6 Å². The Morgan fingerprint density at radius 3 is 2.75 bits per heavy atom. The zero-order valence-corrected chi connectivity index (χ0v) is 13.7. The summed E-state index contributed by atoms with van der Waals surface area (Å²) in [7, 11) is 1.59. The largest absolute Gasteiger partial charge is 0.496 e. The molecule has 3 rings (SSSR count). The average molecular weight is 343 g/mol. The van der Waals surface area contributed by atoms with E-state index in [2.05, 4.69) is 15.6 Å². The van der Waals surface area contributed by atoms with Crippen molar-refractivity contribution in [3.05, 3.63) is 71.0 Å². The first-order chi connectivity index (χ1) is 11.7. The molecule has 0 bridgehead atoms. The van der Waals surface area contributed by atoms with Gasteiger partial charge >= 0.3 is 0 Å². The molecule has 0 saturated carbocycles. The van der Waals surface area contributed by atoms with Gasteiger partial charge in [0.15, 0.2) is 5.69 Å². The lowest BCUT2D eigenvalue weighted by molar-refractivity contribution is 0.0945. The number of carbonyl (C=O) groups excluding carboxylic acids is 1. The number of carbonyl (C=O) groups is 1. The van der Waals surface area contributed by atoms with E-state index in [9.17, 15) is 4.79 Å². The van der Waals surface area contributed by atoms with Crippen molar-refractivity contribution in [2.75, 3.05) is 7.11 Å². The predicted molar refractivity (Wildman–Crippen MR) is 90.5 cm³/mol. The van der Waals surface area contributed by atoms with Crippen molar-refractivity contribution in [3.63, 3.8) is 0 Å². The monoisotopic (exact) mass is 342 g/mol. The van der Waals surface area contributed by atoms with Gasteiger partial charge in [0.1, 0.15) is 5.75 Å². The zero-order valence-electron chi connectivity index (χ0n) is 12.9. The van der Waals surface area contributed by atoms with Gasteiger partial charge in [0.2, 0.25) is 0 Å². The molecule has 1 N–H and O–H groups in total. The van der Waals surface area contributed by atoms with Crippen LogP contribution in [-0.2, 0) is 6.54 Å². The molecule has 0 saturated heterocycles. The minimum Gasteiger partial charge on any atom is -0.496 e. The molecule has 1 aromatic heterocycles. The van der Waals surface area contributed by atoms with Crippen molar-refractivity contribution in [1.82, 2.24) is 20.3 Å². The van der Waals surface area contributed by atoms with E-state index in [1.165, 1.54) is 4.68 Å². The Morgan fingerprint density at radius 1 is 1.21 bits per heavy atom. The maximum atomic E-state index is 12.2. The second-order valence-electron chi connectivity index (χ2n) is 4.99. The van der Waals surface area contributed by atoms with Crippen molar-refractivity contribution in [2.24, 2.45) is 0 Å². The Kier molecular flexibility index (Phi) is 4.77. The van der Waals surface area contributed by atoms with Crippen LogP contribution in [0.5, 0.6) is 5.75 Å². The number of rotatable bonds is 5. The first kappa shape index (κ1) is 16.0. The Morgan fingerprint density at radius 2 is 1.96 bits per heavy atom. The molecule has 1 amide bonds. The number of benzene rings is 2. The van der Waals surface area contributed by atoms with E-state index < -0.39 is 0 Å². The van der Waals surface area contributed by atoms with Crippen LogP contribution in [0.3, 0.4) is 0 Å². The molecule has 0 aliphatic rings. The lowest BCUT2D eigenvalue weighted by atomic mass is 10.2. The van der Waals surface area contributed by atoms with E-state index >= 15 is 0 Å². The van der Waals surface area contributed by atoms with Crippen LogP contribution < -0.4 is 10.1 Å². The summed E-state index contributed by atoms with van der Waals surface area (Å²) in [5, 5.41) is 11.2. The molecule has 0 aliphatic heterocycles. The molecule has 122 valence electrons. The highest BCUT2D eigenvalue weighted by Crippen LogP contribution is 2.19. The summed E-state index contributed by atoms with van der Waals surface area (Å²) in [6.07, 6.45) is 1.54. The van der Waals surface area contributed by atoms with Gasteiger partial charge in [-0.3, -0.25) is 4.79 Å². The van der Waals surface area contributed by atoms with Crippen LogP contribution in [0.2, 0.25) is 5.02 Å². The number of nitrogens with zero attached hydrogens (tertiary/aromatic N) is 3.